The van der Waals surface area contributed by atoms with Crippen molar-refractivity contribution in [1.82, 2.24) is 4.98 Å². The van der Waals surface area contributed by atoms with E-state index in [1.165, 1.54) is 36.4 Å². The van der Waals surface area contributed by atoms with Crippen LogP contribution in [0.5, 0.6) is 5.75 Å². The molecular weight excluding hydrogens is 309 g/mol. The number of aromatic nitrogens is 1. The first-order valence-corrected chi connectivity index (χ1v) is 6.68. The average molecular weight is 318 g/mol. The molecule has 3 rings (SSSR count). The van der Waals surface area contributed by atoms with Gasteiger partial charge in [0.25, 0.3) is 0 Å². The van der Waals surface area contributed by atoms with Gasteiger partial charge in [-0.2, -0.15) is 0 Å². The first-order chi connectivity index (χ1) is 10.5. The van der Waals surface area contributed by atoms with E-state index in [-0.39, 0.29) is 27.6 Å². The smallest absolute Gasteiger partial charge is 0.347 e. The molecule has 22 heavy (non-hydrogen) atoms. The zero-order valence-corrected chi connectivity index (χ0v) is 11.8. The first-order valence-electron chi connectivity index (χ1n) is 6.30. The number of rotatable bonds is 2. The summed E-state index contributed by atoms with van der Waals surface area (Å²) in [6.45, 7) is 0. The quantitative estimate of drug-likeness (QED) is 0.779. The summed E-state index contributed by atoms with van der Waals surface area (Å²) in [5.41, 5.74) is -0.0316. The third-order valence-electron chi connectivity index (χ3n) is 3.02. The van der Waals surface area contributed by atoms with Gasteiger partial charge in [-0.05, 0) is 35.9 Å². The average Bonchev–Trinajstić information content (AvgIpc) is 2.50. The summed E-state index contributed by atoms with van der Waals surface area (Å²) in [5.74, 6) is -0.643. The predicted octanol–water partition coefficient (Wildman–Crippen LogP) is 3.86. The van der Waals surface area contributed by atoms with Crippen molar-refractivity contribution < 1.29 is 13.9 Å². The molecule has 1 heterocycles. The molecule has 110 valence electrons. The molecule has 0 bridgehead atoms. The van der Waals surface area contributed by atoms with Crippen molar-refractivity contribution >= 4 is 34.7 Å². The number of phenols is 1. The Morgan fingerprint density at radius 1 is 1.23 bits per heavy atom. The summed E-state index contributed by atoms with van der Waals surface area (Å²) in [6.07, 6.45) is 3.01. The van der Waals surface area contributed by atoms with E-state index in [2.05, 4.69) is 4.98 Å². The maximum Gasteiger partial charge on any atom is 0.347 e. The van der Waals surface area contributed by atoms with Crippen molar-refractivity contribution in [2.24, 2.45) is 0 Å². The van der Waals surface area contributed by atoms with Crippen LogP contribution < -0.4 is 5.63 Å². The third-order valence-corrected chi connectivity index (χ3v) is 3.32. The molecule has 0 radical (unpaired) electrons. The summed E-state index contributed by atoms with van der Waals surface area (Å²) in [6, 6.07) is 8.69. The van der Waals surface area contributed by atoms with E-state index in [0.29, 0.717) is 5.56 Å². The lowest BCUT2D eigenvalue weighted by Gasteiger charge is -1.99. The molecule has 0 fully saturated rings. The number of halogens is 2. The summed E-state index contributed by atoms with van der Waals surface area (Å²) >= 11 is 5.80. The molecule has 0 aliphatic carbocycles. The summed E-state index contributed by atoms with van der Waals surface area (Å²) in [7, 11) is 0. The van der Waals surface area contributed by atoms with Crippen LogP contribution >= 0.6 is 11.6 Å². The Bertz CT molecular complexity index is 950. The number of hydrogen-bond donors (Lipinski definition) is 1. The normalized spacial score (nSPS) is 11.4. The molecule has 0 saturated heterocycles. The second-order valence-electron chi connectivity index (χ2n) is 4.52. The largest absolute Gasteiger partial charge is 0.506 e. The highest BCUT2D eigenvalue weighted by molar-refractivity contribution is 6.32. The van der Waals surface area contributed by atoms with E-state index in [0.717, 1.165) is 0 Å². The minimum atomic E-state index is -0.659. The van der Waals surface area contributed by atoms with Gasteiger partial charge in [-0.3, -0.25) is 0 Å². The lowest BCUT2D eigenvalue weighted by Crippen LogP contribution is -2.04. The highest BCUT2D eigenvalue weighted by atomic mass is 35.5. The summed E-state index contributed by atoms with van der Waals surface area (Å²) < 4.78 is 18.7. The van der Waals surface area contributed by atoms with Gasteiger partial charge in [0, 0.05) is 6.08 Å². The van der Waals surface area contributed by atoms with Gasteiger partial charge in [-0.1, -0.05) is 23.7 Å². The van der Waals surface area contributed by atoms with E-state index in [4.69, 9.17) is 16.0 Å². The second-order valence-corrected chi connectivity index (χ2v) is 4.93. The van der Waals surface area contributed by atoms with E-state index in [1.807, 2.05) is 0 Å². The van der Waals surface area contributed by atoms with Crippen LogP contribution in [0.2, 0.25) is 5.02 Å². The van der Waals surface area contributed by atoms with E-state index in [1.54, 1.807) is 12.1 Å². The number of aromatic hydroxyl groups is 1. The predicted molar refractivity (Wildman–Crippen MR) is 82.3 cm³/mol. The molecule has 2 aromatic carbocycles. The standard InChI is InChI=1S/C16H9ClFNO3/c17-11-8-9(4-6-13(11)20)5-7-14-19-15-10(16(21)22-14)2-1-3-12(15)18/h1-8,20H. The van der Waals surface area contributed by atoms with Crippen molar-refractivity contribution in [3.63, 3.8) is 0 Å². The van der Waals surface area contributed by atoms with Crippen molar-refractivity contribution in [3.8, 4) is 5.75 Å². The van der Waals surface area contributed by atoms with E-state index >= 15 is 0 Å². The maximum atomic E-state index is 13.7. The van der Waals surface area contributed by atoms with Gasteiger partial charge >= 0.3 is 5.63 Å². The van der Waals surface area contributed by atoms with Crippen LogP contribution in [-0.4, -0.2) is 10.1 Å². The van der Waals surface area contributed by atoms with Gasteiger partial charge in [-0.25, -0.2) is 14.2 Å². The van der Waals surface area contributed by atoms with Gasteiger partial charge in [0.2, 0.25) is 5.89 Å². The Morgan fingerprint density at radius 3 is 2.82 bits per heavy atom. The van der Waals surface area contributed by atoms with Crippen molar-refractivity contribution in [2.45, 2.75) is 0 Å². The monoisotopic (exact) mass is 317 g/mol. The van der Waals surface area contributed by atoms with Crippen LogP contribution in [-0.2, 0) is 0 Å². The van der Waals surface area contributed by atoms with Crippen LogP contribution in [0.3, 0.4) is 0 Å². The Kier molecular flexibility index (Phi) is 3.65. The Morgan fingerprint density at radius 2 is 2.05 bits per heavy atom. The van der Waals surface area contributed by atoms with Crippen LogP contribution in [0, 0.1) is 5.82 Å². The SMILES string of the molecule is O=c1oc(C=Cc2ccc(O)c(Cl)c2)nc2c(F)cccc12. The minimum Gasteiger partial charge on any atom is -0.506 e. The first kappa shape index (κ1) is 14.3. The van der Waals surface area contributed by atoms with Crippen LogP contribution in [0.4, 0.5) is 4.39 Å². The molecule has 0 unspecified atom stereocenters. The van der Waals surface area contributed by atoms with Gasteiger partial charge in [0.05, 0.1) is 10.4 Å². The molecule has 0 aliphatic heterocycles. The van der Waals surface area contributed by atoms with Gasteiger partial charge in [-0.15, -0.1) is 0 Å². The lowest BCUT2D eigenvalue weighted by atomic mass is 10.2. The molecule has 0 amide bonds. The van der Waals surface area contributed by atoms with Gasteiger partial charge in [0.1, 0.15) is 17.1 Å². The Labute approximate surface area is 129 Å². The molecule has 4 nitrogen and oxygen atoms in total. The molecule has 3 aromatic rings. The molecule has 1 N–H and O–H groups in total. The van der Waals surface area contributed by atoms with Crippen LogP contribution in [0.25, 0.3) is 23.1 Å². The Balaban J connectivity index is 2.03. The fraction of sp³-hybridized carbons (Fsp3) is 0. The number of hydrogen-bond acceptors (Lipinski definition) is 4. The number of phenolic OH excluding ortho intramolecular Hbond substituents is 1. The van der Waals surface area contributed by atoms with E-state index in [9.17, 15) is 14.3 Å². The molecular formula is C16H9ClFNO3. The molecule has 0 spiro atoms. The van der Waals surface area contributed by atoms with Gasteiger partial charge in [0.15, 0.2) is 0 Å². The van der Waals surface area contributed by atoms with Crippen molar-refractivity contribution in [2.75, 3.05) is 0 Å². The maximum absolute atomic E-state index is 13.7. The topological polar surface area (TPSA) is 63.3 Å². The van der Waals surface area contributed by atoms with Gasteiger partial charge < -0.3 is 9.52 Å². The minimum absolute atomic E-state index is 0.0215. The number of benzene rings is 2. The van der Waals surface area contributed by atoms with Crippen molar-refractivity contribution in [3.05, 3.63) is 69.1 Å². The van der Waals surface area contributed by atoms with Crippen LogP contribution in [0.15, 0.2) is 45.6 Å². The fourth-order valence-electron chi connectivity index (χ4n) is 1.94. The van der Waals surface area contributed by atoms with Crippen LogP contribution in [0.1, 0.15) is 11.5 Å². The number of nitrogens with zero attached hydrogens (tertiary/aromatic N) is 1. The molecule has 6 heteroatoms. The Hall–Kier alpha value is -2.66. The zero-order valence-electron chi connectivity index (χ0n) is 11.1. The fourth-order valence-corrected chi connectivity index (χ4v) is 2.13. The third kappa shape index (κ3) is 2.71. The highest BCUT2D eigenvalue weighted by Gasteiger charge is 2.08. The van der Waals surface area contributed by atoms with E-state index < -0.39 is 11.4 Å². The zero-order chi connectivity index (χ0) is 15.7. The molecule has 1 aromatic heterocycles. The summed E-state index contributed by atoms with van der Waals surface area (Å²) in [4.78, 5) is 15.8. The second kappa shape index (κ2) is 5.61. The molecule has 0 aliphatic rings. The highest BCUT2D eigenvalue weighted by Crippen LogP contribution is 2.24. The number of fused-ring (bicyclic) bond motifs is 1. The number of para-hydroxylation sites is 1. The van der Waals surface area contributed by atoms with Crippen molar-refractivity contribution in [1.29, 1.82) is 0 Å². The lowest BCUT2D eigenvalue weighted by molar-refractivity contribution is 0.475. The molecule has 0 atom stereocenters. The summed E-state index contributed by atoms with van der Waals surface area (Å²) in [5, 5.41) is 9.63. The molecule has 0 saturated carbocycles.